The van der Waals surface area contributed by atoms with Gasteiger partial charge in [0.05, 0.1) is 0 Å². The van der Waals surface area contributed by atoms with Crippen molar-refractivity contribution in [1.82, 2.24) is 4.90 Å². The summed E-state index contributed by atoms with van der Waals surface area (Å²) in [5.41, 5.74) is 0.734. The number of hydrogen-bond donors (Lipinski definition) is 1. The quantitative estimate of drug-likeness (QED) is 0.815. The second kappa shape index (κ2) is 5.58. The first-order valence-electron chi connectivity index (χ1n) is 6.21. The summed E-state index contributed by atoms with van der Waals surface area (Å²) < 4.78 is 0. The first-order chi connectivity index (χ1) is 8.16. The first kappa shape index (κ1) is 12.5. The van der Waals surface area contributed by atoms with Gasteiger partial charge >= 0.3 is 0 Å². The zero-order valence-corrected chi connectivity index (χ0v) is 11.1. The van der Waals surface area contributed by atoms with Crippen LogP contribution in [0.25, 0.3) is 0 Å². The summed E-state index contributed by atoms with van der Waals surface area (Å²) >= 11 is 4.26. The molecule has 1 aliphatic carbocycles. The van der Waals surface area contributed by atoms with Crippen LogP contribution in [0.4, 0.5) is 0 Å². The summed E-state index contributed by atoms with van der Waals surface area (Å²) in [6, 6.07) is 7.44. The predicted octanol–water partition coefficient (Wildman–Crippen LogP) is 3.24. The summed E-state index contributed by atoms with van der Waals surface area (Å²) in [5, 5.41) is 0. The lowest BCUT2D eigenvalue weighted by molar-refractivity contribution is 0.0773. The molecule has 92 valence electrons. The standard InChI is InChI=1S/C14H19NOS/c1-15(10-11-5-2-3-6-11)14(16)12-7-4-8-13(17)9-12/h4,7-9,11,17H,2-3,5-6,10H2,1H3. The average Bonchev–Trinajstić information content (AvgIpc) is 2.80. The molecule has 0 spiro atoms. The fourth-order valence-corrected chi connectivity index (χ4v) is 2.75. The minimum absolute atomic E-state index is 0.104. The molecular weight excluding hydrogens is 230 g/mol. The van der Waals surface area contributed by atoms with E-state index in [9.17, 15) is 4.79 Å². The van der Waals surface area contributed by atoms with Crippen LogP contribution in [0, 0.1) is 5.92 Å². The number of carbonyl (C=O) groups is 1. The van der Waals surface area contributed by atoms with Gasteiger partial charge in [-0.2, -0.15) is 0 Å². The van der Waals surface area contributed by atoms with E-state index >= 15 is 0 Å². The fourth-order valence-electron chi connectivity index (χ4n) is 2.52. The molecule has 0 heterocycles. The lowest BCUT2D eigenvalue weighted by atomic mass is 10.1. The molecule has 0 unspecified atom stereocenters. The van der Waals surface area contributed by atoms with Crippen molar-refractivity contribution < 1.29 is 4.79 Å². The third-order valence-electron chi connectivity index (χ3n) is 3.45. The number of carbonyl (C=O) groups excluding carboxylic acids is 1. The minimum atomic E-state index is 0.104. The molecule has 1 saturated carbocycles. The van der Waals surface area contributed by atoms with Crippen molar-refractivity contribution >= 4 is 18.5 Å². The molecule has 1 aliphatic rings. The van der Waals surface area contributed by atoms with Gasteiger partial charge in [-0.15, -0.1) is 12.6 Å². The molecule has 0 saturated heterocycles. The van der Waals surface area contributed by atoms with Gasteiger partial charge in [0, 0.05) is 24.1 Å². The van der Waals surface area contributed by atoms with Gasteiger partial charge in [0.2, 0.25) is 0 Å². The molecule has 0 aromatic heterocycles. The zero-order valence-electron chi connectivity index (χ0n) is 10.2. The lowest BCUT2D eigenvalue weighted by Crippen LogP contribution is -2.31. The zero-order chi connectivity index (χ0) is 12.3. The van der Waals surface area contributed by atoms with Crippen LogP contribution in [0.5, 0.6) is 0 Å². The molecule has 17 heavy (non-hydrogen) atoms. The number of benzene rings is 1. The number of rotatable bonds is 3. The van der Waals surface area contributed by atoms with E-state index in [4.69, 9.17) is 0 Å². The van der Waals surface area contributed by atoms with Crippen molar-refractivity contribution in [2.75, 3.05) is 13.6 Å². The van der Waals surface area contributed by atoms with E-state index in [1.807, 2.05) is 36.2 Å². The topological polar surface area (TPSA) is 20.3 Å². The van der Waals surface area contributed by atoms with Crippen LogP contribution in [0.15, 0.2) is 29.2 Å². The van der Waals surface area contributed by atoms with E-state index in [1.165, 1.54) is 25.7 Å². The normalized spacial score (nSPS) is 16.1. The monoisotopic (exact) mass is 249 g/mol. The molecule has 0 atom stereocenters. The predicted molar refractivity (Wildman–Crippen MR) is 72.6 cm³/mol. The van der Waals surface area contributed by atoms with Gasteiger partial charge in [-0.3, -0.25) is 4.79 Å². The second-order valence-corrected chi connectivity index (χ2v) is 5.40. The van der Waals surface area contributed by atoms with Gasteiger partial charge in [0.1, 0.15) is 0 Å². The van der Waals surface area contributed by atoms with Crippen LogP contribution in [0.2, 0.25) is 0 Å². The Hall–Kier alpha value is -0.960. The summed E-state index contributed by atoms with van der Waals surface area (Å²) in [6.45, 7) is 0.885. The van der Waals surface area contributed by atoms with Crippen LogP contribution in [0.3, 0.4) is 0 Å². The Labute approximate surface area is 108 Å². The number of amides is 1. The fraction of sp³-hybridized carbons (Fsp3) is 0.500. The molecule has 1 aromatic carbocycles. The average molecular weight is 249 g/mol. The van der Waals surface area contributed by atoms with Gasteiger partial charge < -0.3 is 4.90 Å². The highest BCUT2D eigenvalue weighted by Gasteiger charge is 2.20. The molecule has 3 heteroatoms. The Morgan fingerprint density at radius 1 is 1.41 bits per heavy atom. The first-order valence-corrected chi connectivity index (χ1v) is 6.66. The molecule has 1 aromatic rings. The molecule has 1 fully saturated rings. The van der Waals surface area contributed by atoms with Crippen molar-refractivity contribution in [2.45, 2.75) is 30.6 Å². The van der Waals surface area contributed by atoms with Gasteiger partial charge in [-0.05, 0) is 37.0 Å². The maximum absolute atomic E-state index is 12.2. The Morgan fingerprint density at radius 2 is 2.12 bits per heavy atom. The highest BCUT2D eigenvalue weighted by molar-refractivity contribution is 7.80. The summed E-state index contributed by atoms with van der Waals surface area (Å²) in [6.07, 6.45) is 5.17. The van der Waals surface area contributed by atoms with Crippen molar-refractivity contribution in [3.05, 3.63) is 29.8 Å². The molecule has 2 nitrogen and oxygen atoms in total. The van der Waals surface area contributed by atoms with E-state index in [0.29, 0.717) is 5.92 Å². The minimum Gasteiger partial charge on any atom is -0.341 e. The third-order valence-corrected chi connectivity index (χ3v) is 3.72. The SMILES string of the molecule is CN(CC1CCCC1)C(=O)c1cccc(S)c1. The summed E-state index contributed by atoms with van der Waals surface area (Å²) in [5.74, 6) is 0.802. The van der Waals surface area contributed by atoms with Gasteiger partial charge in [0.15, 0.2) is 0 Å². The van der Waals surface area contributed by atoms with E-state index in [0.717, 1.165) is 17.0 Å². The highest BCUT2D eigenvalue weighted by Crippen LogP contribution is 2.25. The van der Waals surface area contributed by atoms with Crippen molar-refractivity contribution in [1.29, 1.82) is 0 Å². The Kier molecular flexibility index (Phi) is 4.11. The highest BCUT2D eigenvalue weighted by atomic mass is 32.1. The molecule has 0 radical (unpaired) electrons. The largest absolute Gasteiger partial charge is 0.341 e. The second-order valence-electron chi connectivity index (χ2n) is 4.89. The summed E-state index contributed by atoms with van der Waals surface area (Å²) in [4.78, 5) is 14.9. The smallest absolute Gasteiger partial charge is 0.253 e. The number of nitrogens with zero attached hydrogens (tertiary/aromatic N) is 1. The van der Waals surface area contributed by atoms with E-state index in [2.05, 4.69) is 12.6 Å². The van der Waals surface area contributed by atoms with Gasteiger partial charge in [0.25, 0.3) is 5.91 Å². The molecule has 2 rings (SSSR count). The molecule has 0 N–H and O–H groups in total. The van der Waals surface area contributed by atoms with Crippen LogP contribution < -0.4 is 0 Å². The maximum Gasteiger partial charge on any atom is 0.253 e. The lowest BCUT2D eigenvalue weighted by Gasteiger charge is -2.21. The number of thiol groups is 1. The van der Waals surface area contributed by atoms with E-state index in [1.54, 1.807) is 0 Å². The Morgan fingerprint density at radius 3 is 2.76 bits per heavy atom. The summed E-state index contributed by atoms with van der Waals surface area (Å²) in [7, 11) is 1.89. The van der Waals surface area contributed by atoms with E-state index < -0.39 is 0 Å². The van der Waals surface area contributed by atoms with Crippen LogP contribution in [0.1, 0.15) is 36.0 Å². The third kappa shape index (κ3) is 3.25. The Bertz CT molecular complexity index is 399. The Balaban J connectivity index is 1.98. The molecular formula is C14H19NOS. The van der Waals surface area contributed by atoms with Crippen LogP contribution in [-0.2, 0) is 0 Å². The van der Waals surface area contributed by atoms with Gasteiger partial charge in [-0.25, -0.2) is 0 Å². The van der Waals surface area contributed by atoms with Crippen molar-refractivity contribution in [3.8, 4) is 0 Å². The number of hydrogen-bond acceptors (Lipinski definition) is 2. The molecule has 1 amide bonds. The molecule has 0 aliphatic heterocycles. The molecule has 0 bridgehead atoms. The van der Waals surface area contributed by atoms with Gasteiger partial charge in [-0.1, -0.05) is 18.9 Å². The van der Waals surface area contributed by atoms with Crippen LogP contribution in [-0.4, -0.2) is 24.4 Å². The van der Waals surface area contributed by atoms with Crippen molar-refractivity contribution in [3.63, 3.8) is 0 Å². The van der Waals surface area contributed by atoms with Crippen molar-refractivity contribution in [2.24, 2.45) is 5.92 Å². The van der Waals surface area contributed by atoms with E-state index in [-0.39, 0.29) is 5.91 Å². The van der Waals surface area contributed by atoms with Crippen LogP contribution >= 0.6 is 12.6 Å². The maximum atomic E-state index is 12.2.